The Labute approximate surface area is 192 Å². The van der Waals surface area contributed by atoms with E-state index in [1.165, 1.54) is 0 Å². The van der Waals surface area contributed by atoms with E-state index in [4.69, 9.17) is 4.74 Å². The van der Waals surface area contributed by atoms with Crippen LogP contribution in [0.4, 0.5) is 0 Å². The number of hydrogen-bond acceptors (Lipinski definition) is 7. The predicted molar refractivity (Wildman–Crippen MR) is 120 cm³/mol. The van der Waals surface area contributed by atoms with E-state index in [1.54, 1.807) is 11.0 Å². The van der Waals surface area contributed by atoms with Crippen molar-refractivity contribution in [2.75, 3.05) is 39.3 Å². The van der Waals surface area contributed by atoms with E-state index >= 15 is 0 Å². The maximum absolute atomic E-state index is 12.8. The summed E-state index contributed by atoms with van der Waals surface area (Å²) < 4.78 is 7.38. The Hall–Kier alpha value is -3.77. The molecule has 168 valence electrons. The molecule has 9 nitrogen and oxygen atoms in total. The Morgan fingerprint density at radius 3 is 2.67 bits per heavy atom. The molecule has 2 aromatic carbocycles. The highest BCUT2D eigenvalue weighted by Crippen LogP contribution is 2.36. The molecule has 1 amide bonds. The molecule has 1 unspecified atom stereocenters. The minimum Gasteiger partial charge on any atom is -0.492 e. The van der Waals surface area contributed by atoms with Gasteiger partial charge in [-0.05, 0) is 46.2 Å². The maximum Gasteiger partial charge on any atom is 0.227 e. The Bertz CT molecular complexity index is 1150. The second kappa shape index (κ2) is 9.38. The van der Waals surface area contributed by atoms with Crippen LogP contribution in [-0.2, 0) is 11.2 Å². The van der Waals surface area contributed by atoms with Gasteiger partial charge in [0.25, 0.3) is 0 Å². The number of amides is 1. The number of nitrogens with zero attached hydrogens (tertiary/aromatic N) is 7. The molecule has 0 spiro atoms. The SMILES string of the molecule is N#Cc1cccc2c1OCCC2CN1CCN(C(=O)Cc2ccc(-n3cnnn3)cc2)CC1. The first kappa shape index (κ1) is 21.1. The highest BCUT2D eigenvalue weighted by Gasteiger charge is 2.28. The van der Waals surface area contributed by atoms with Crippen LogP contribution in [0.5, 0.6) is 5.75 Å². The highest BCUT2D eigenvalue weighted by molar-refractivity contribution is 5.79. The summed E-state index contributed by atoms with van der Waals surface area (Å²) in [4.78, 5) is 17.2. The average Bonchev–Trinajstić information content (AvgIpc) is 3.40. The first-order chi connectivity index (χ1) is 16.2. The summed E-state index contributed by atoms with van der Waals surface area (Å²) in [6.07, 6.45) is 2.88. The van der Waals surface area contributed by atoms with Crippen LogP contribution in [0.3, 0.4) is 0 Å². The summed E-state index contributed by atoms with van der Waals surface area (Å²) >= 11 is 0. The number of carbonyl (C=O) groups is 1. The van der Waals surface area contributed by atoms with Crippen LogP contribution >= 0.6 is 0 Å². The van der Waals surface area contributed by atoms with E-state index in [-0.39, 0.29) is 5.91 Å². The maximum atomic E-state index is 12.8. The predicted octanol–water partition coefficient (Wildman–Crippen LogP) is 1.79. The molecule has 5 rings (SSSR count). The molecule has 3 heterocycles. The van der Waals surface area contributed by atoms with Gasteiger partial charge < -0.3 is 9.64 Å². The molecular weight excluding hydrogens is 418 g/mol. The first-order valence-electron chi connectivity index (χ1n) is 11.2. The van der Waals surface area contributed by atoms with Crippen molar-refractivity contribution in [2.24, 2.45) is 0 Å². The summed E-state index contributed by atoms with van der Waals surface area (Å²) in [5.74, 6) is 1.25. The van der Waals surface area contributed by atoms with Crippen LogP contribution in [0.25, 0.3) is 5.69 Å². The number of aromatic nitrogens is 4. The monoisotopic (exact) mass is 443 g/mol. The molecule has 2 aliphatic rings. The van der Waals surface area contributed by atoms with E-state index in [0.717, 1.165) is 61.7 Å². The molecule has 2 aliphatic heterocycles. The van der Waals surface area contributed by atoms with Gasteiger partial charge in [-0.1, -0.05) is 24.3 Å². The lowest BCUT2D eigenvalue weighted by Gasteiger charge is -2.37. The van der Waals surface area contributed by atoms with E-state index in [2.05, 4.69) is 32.6 Å². The van der Waals surface area contributed by atoms with Crippen molar-refractivity contribution in [1.82, 2.24) is 30.0 Å². The van der Waals surface area contributed by atoms with Crippen molar-refractivity contribution in [1.29, 1.82) is 5.26 Å². The molecule has 0 radical (unpaired) electrons. The van der Waals surface area contributed by atoms with Gasteiger partial charge in [0.2, 0.25) is 5.91 Å². The first-order valence-corrected chi connectivity index (χ1v) is 11.2. The topological polar surface area (TPSA) is 100 Å². The fourth-order valence-electron chi connectivity index (χ4n) is 4.60. The molecule has 3 aromatic rings. The number of hydrogen-bond donors (Lipinski definition) is 0. The molecule has 0 saturated carbocycles. The molecule has 1 saturated heterocycles. The standard InChI is InChI=1S/C24H25N7O2/c25-15-19-2-1-3-22-20(8-13-33-24(19)22)16-29-9-11-30(12-10-29)23(32)14-18-4-6-21(7-5-18)31-17-26-27-28-31/h1-7,17,20H,8-14,16H2. The number of carbonyl (C=O) groups excluding carboxylic acids is 1. The molecule has 1 atom stereocenters. The molecule has 0 N–H and O–H groups in total. The summed E-state index contributed by atoms with van der Waals surface area (Å²) in [6.45, 7) is 4.74. The Morgan fingerprint density at radius 1 is 1.12 bits per heavy atom. The lowest BCUT2D eigenvalue weighted by atomic mass is 9.90. The summed E-state index contributed by atoms with van der Waals surface area (Å²) in [6, 6.07) is 15.8. The number of para-hydroxylation sites is 1. The van der Waals surface area contributed by atoms with Crippen LogP contribution in [0, 0.1) is 11.3 Å². The number of ether oxygens (including phenoxy) is 1. The van der Waals surface area contributed by atoms with Gasteiger partial charge in [-0.2, -0.15) is 5.26 Å². The Morgan fingerprint density at radius 2 is 1.94 bits per heavy atom. The minimum absolute atomic E-state index is 0.153. The van der Waals surface area contributed by atoms with Crippen molar-refractivity contribution in [3.05, 3.63) is 65.5 Å². The second-order valence-corrected chi connectivity index (χ2v) is 8.45. The zero-order valence-corrected chi connectivity index (χ0v) is 18.3. The van der Waals surface area contributed by atoms with Crippen molar-refractivity contribution >= 4 is 5.91 Å². The Kier molecular flexibility index (Phi) is 6.00. The van der Waals surface area contributed by atoms with E-state index in [9.17, 15) is 10.1 Å². The largest absolute Gasteiger partial charge is 0.492 e. The van der Waals surface area contributed by atoms with Gasteiger partial charge in [-0.3, -0.25) is 9.69 Å². The van der Waals surface area contributed by atoms with Gasteiger partial charge in [0.15, 0.2) is 0 Å². The van der Waals surface area contributed by atoms with Gasteiger partial charge in [0.1, 0.15) is 18.1 Å². The van der Waals surface area contributed by atoms with Crippen LogP contribution < -0.4 is 4.74 Å². The third kappa shape index (κ3) is 4.56. The third-order valence-electron chi connectivity index (χ3n) is 6.43. The Balaban J connectivity index is 1.14. The number of piperazine rings is 1. The van der Waals surface area contributed by atoms with Crippen molar-refractivity contribution < 1.29 is 9.53 Å². The van der Waals surface area contributed by atoms with E-state index in [0.29, 0.717) is 24.5 Å². The fourth-order valence-corrected chi connectivity index (χ4v) is 4.60. The molecule has 1 fully saturated rings. The van der Waals surface area contributed by atoms with Crippen molar-refractivity contribution in [3.63, 3.8) is 0 Å². The van der Waals surface area contributed by atoms with Crippen molar-refractivity contribution in [2.45, 2.75) is 18.8 Å². The van der Waals surface area contributed by atoms with Crippen LogP contribution in [0.15, 0.2) is 48.8 Å². The second-order valence-electron chi connectivity index (χ2n) is 8.45. The van der Waals surface area contributed by atoms with Gasteiger partial charge in [-0.15, -0.1) is 5.10 Å². The van der Waals surface area contributed by atoms with Gasteiger partial charge in [0.05, 0.1) is 24.3 Å². The lowest BCUT2D eigenvalue weighted by Crippen LogP contribution is -2.50. The number of rotatable bonds is 5. The quantitative estimate of drug-likeness (QED) is 0.593. The smallest absolute Gasteiger partial charge is 0.227 e. The molecule has 0 aliphatic carbocycles. The molecular formula is C24H25N7O2. The number of fused-ring (bicyclic) bond motifs is 1. The number of benzene rings is 2. The fraction of sp³-hybridized carbons (Fsp3) is 0.375. The third-order valence-corrected chi connectivity index (χ3v) is 6.43. The zero-order chi connectivity index (χ0) is 22.6. The minimum atomic E-state index is 0.153. The molecule has 33 heavy (non-hydrogen) atoms. The number of nitriles is 1. The average molecular weight is 444 g/mol. The summed E-state index contributed by atoms with van der Waals surface area (Å²) in [5, 5.41) is 20.5. The summed E-state index contributed by atoms with van der Waals surface area (Å²) in [7, 11) is 0. The molecule has 0 bridgehead atoms. The zero-order valence-electron chi connectivity index (χ0n) is 18.3. The number of tetrazole rings is 1. The van der Waals surface area contributed by atoms with Gasteiger partial charge >= 0.3 is 0 Å². The van der Waals surface area contributed by atoms with Gasteiger partial charge in [-0.25, -0.2) is 4.68 Å². The highest BCUT2D eigenvalue weighted by atomic mass is 16.5. The normalized spacial score (nSPS) is 18.3. The van der Waals surface area contributed by atoms with E-state index in [1.807, 2.05) is 41.3 Å². The van der Waals surface area contributed by atoms with Gasteiger partial charge in [0, 0.05) is 38.6 Å². The van der Waals surface area contributed by atoms with Crippen LogP contribution in [-0.4, -0.2) is 75.2 Å². The lowest BCUT2D eigenvalue weighted by molar-refractivity contribution is -0.132. The molecule has 1 aromatic heterocycles. The van der Waals surface area contributed by atoms with Crippen LogP contribution in [0.1, 0.15) is 29.0 Å². The van der Waals surface area contributed by atoms with E-state index < -0.39 is 0 Å². The molecule has 9 heteroatoms. The van der Waals surface area contributed by atoms with Crippen LogP contribution in [0.2, 0.25) is 0 Å². The summed E-state index contributed by atoms with van der Waals surface area (Å²) in [5.41, 5.74) is 3.58. The van der Waals surface area contributed by atoms with Crippen molar-refractivity contribution in [3.8, 4) is 17.5 Å².